The molecular formula is C12H25ClN2O. The molecule has 1 saturated heterocycles. The van der Waals surface area contributed by atoms with Crippen LogP contribution in [0.5, 0.6) is 0 Å². The molecule has 1 heterocycles. The fraction of sp³-hybridized carbons (Fsp3) is 0.917. The Bertz CT molecular complexity index is 229. The molecule has 4 heteroatoms. The second-order valence-corrected chi connectivity index (χ2v) is 5.21. The van der Waals surface area contributed by atoms with Gasteiger partial charge in [-0.25, -0.2) is 0 Å². The van der Waals surface area contributed by atoms with E-state index < -0.39 is 0 Å². The summed E-state index contributed by atoms with van der Waals surface area (Å²) in [5, 5.41) is 0. The predicted molar refractivity (Wildman–Crippen MR) is 69.7 cm³/mol. The fourth-order valence-electron chi connectivity index (χ4n) is 2.60. The van der Waals surface area contributed by atoms with E-state index >= 15 is 0 Å². The molecule has 0 spiro atoms. The van der Waals surface area contributed by atoms with Gasteiger partial charge in [0.05, 0.1) is 6.04 Å². The third kappa shape index (κ3) is 3.95. The maximum absolute atomic E-state index is 11.8. The van der Waals surface area contributed by atoms with Crippen molar-refractivity contribution in [3.63, 3.8) is 0 Å². The van der Waals surface area contributed by atoms with Gasteiger partial charge in [0, 0.05) is 13.1 Å². The summed E-state index contributed by atoms with van der Waals surface area (Å²) < 4.78 is 0. The van der Waals surface area contributed by atoms with E-state index in [0.717, 1.165) is 19.5 Å². The van der Waals surface area contributed by atoms with Crippen molar-refractivity contribution in [2.75, 3.05) is 13.1 Å². The van der Waals surface area contributed by atoms with Crippen LogP contribution in [0.15, 0.2) is 0 Å². The number of rotatable bonds is 3. The maximum Gasteiger partial charge on any atom is 0.239 e. The first-order valence-corrected chi connectivity index (χ1v) is 6.03. The van der Waals surface area contributed by atoms with Crippen LogP contribution in [0.2, 0.25) is 0 Å². The van der Waals surface area contributed by atoms with E-state index in [1.165, 1.54) is 19.3 Å². The number of carbonyl (C=O) groups is 1. The molecule has 2 atom stereocenters. The quantitative estimate of drug-likeness (QED) is 0.832. The van der Waals surface area contributed by atoms with Crippen molar-refractivity contribution in [3.8, 4) is 0 Å². The molecule has 96 valence electrons. The third-order valence-corrected chi connectivity index (χ3v) is 3.34. The lowest BCUT2D eigenvalue weighted by molar-refractivity contribution is -0.135. The van der Waals surface area contributed by atoms with E-state index in [1.54, 1.807) is 6.92 Å². The van der Waals surface area contributed by atoms with Crippen molar-refractivity contribution in [3.05, 3.63) is 0 Å². The van der Waals surface area contributed by atoms with E-state index in [2.05, 4.69) is 13.8 Å². The topological polar surface area (TPSA) is 46.3 Å². The number of amides is 1. The van der Waals surface area contributed by atoms with Gasteiger partial charge in [0.25, 0.3) is 0 Å². The third-order valence-electron chi connectivity index (χ3n) is 3.34. The van der Waals surface area contributed by atoms with Gasteiger partial charge in [-0.05, 0) is 31.6 Å². The number of hydrogen-bond donors (Lipinski definition) is 1. The molecule has 0 aliphatic carbocycles. The molecule has 3 nitrogen and oxygen atoms in total. The average molecular weight is 249 g/mol. The first-order valence-electron chi connectivity index (χ1n) is 6.03. The lowest BCUT2D eigenvalue weighted by Crippen LogP contribution is -2.49. The number of piperidine rings is 1. The molecule has 0 bridgehead atoms. The highest BCUT2D eigenvalue weighted by molar-refractivity contribution is 5.85. The minimum absolute atomic E-state index is 0. The second-order valence-electron chi connectivity index (χ2n) is 5.21. The molecule has 2 N–H and O–H groups in total. The summed E-state index contributed by atoms with van der Waals surface area (Å²) in [7, 11) is 0. The Kier molecular flexibility index (Phi) is 6.34. The van der Waals surface area contributed by atoms with Crippen LogP contribution in [-0.4, -0.2) is 29.9 Å². The van der Waals surface area contributed by atoms with E-state index in [-0.39, 0.29) is 24.4 Å². The molecule has 1 aliphatic rings. The monoisotopic (exact) mass is 248 g/mol. The van der Waals surface area contributed by atoms with Gasteiger partial charge < -0.3 is 10.6 Å². The van der Waals surface area contributed by atoms with Crippen molar-refractivity contribution < 1.29 is 4.79 Å². The lowest BCUT2D eigenvalue weighted by Gasteiger charge is -2.41. The van der Waals surface area contributed by atoms with Gasteiger partial charge in [0.2, 0.25) is 5.91 Å². The minimum Gasteiger partial charge on any atom is -0.341 e. The zero-order valence-electron chi connectivity index (χ0n) is 10.7. The van der Waals surface area contributed by atoms with Gasteiger partial charge in [-0.15, -0.1) is 12.4 Å². The molecule has 1 unspecified atom stereocenters. The van der Waals surface area contributed by atoms with Gasteiger partial charge in [0.1, 0.15) is 0 Å². The summed E-state index contributed by atoms with van der Waals surface area (Å²) >= 11 is 0. The zero-order chi connectivity index (χ0) is 11.5. The Labute approximate surface area is 105 Å². The Morgan fingerprint density at radius 2 is 2.19 bits per heavy atom. The molecule has 16 heavy (non-hydrogen) atoms. The Morgan fingerprint density at radius 1 is 1.56 bits per heavy atom. The predicted octanol–water partition coefficient (Wildman–Crippen LogP) is 2.18. The van der Waals surface area contributed by atoms with Gasteiger partial charge in [-0.2, -0.15) is 0 Å². The lowest BCUT2D eigenvalue weighted by atomic mass is 9.78. The van der Waals surface area contributed by atoms with Crippen LogP contribution in [-0.2, 0) is 4.79 Å². The number of likely N-dealkylation sites (tertiary alicyclic amines) is 1. The van der Waals surface area contributed by atoms with Crippen molar-refractivity contribution in [1.82, 2.24) is 4.90 Å². The highest BCUT2D eigenvalue weighted by Gasteiger charge is 2.32. The zero-order valence-corrected chi connectivity index (χ0v) is 11.5. The van der Waals surface area contributed by atoms with Crippen molar-refractivity contribution in [1.29, 1.82) is 0 Å². The first kappa shape index (κ1) is 15.7. The summed E-state index contributed by atoms with van der Waals surface area (Å²) in [4.78, 5) is 13.7. The summed E-state index contributed by atoms with van der Waals surface area (Å²) in [6.07, 6.45) is 4.75. The number of nitrogens with two attached hydrogens (primary N) is 1. The van der Waals surface area contributed by atoms with Crippen LogP contribution in [0.4, 0.5) is 0 Å². The van der Waals surface area contributed by atoms with Gasteiger partial charge in [-0.1, -0.05) is 20.3 Å². The molecule has 0 aromatic heterocycles. The van der Waals surface area contributed by atoms with Gasteiger partial charge in [0.15, 0.2) is 0 Å². The van der Waals surface area contributed by atoms with E-state index in [9.17, 15) is 4.79 Å². The summed E-state index contributed by atoms with van der Waals surface area (Å²) in [6, 6.07) is -0.353. The molecule has 0 aromatic carbocycles. The van der Waals surface area contributed by atoms with Crippen molar-refractivity contribution in [2.24, 2.45) is 11.1 Å². The van der Waals surface area contributed by atoms with Crippen LogP contribution >= 0.6 is 12.4 Å². The number of hydrogen-bond acceptors (Lipinski definition) is 2. The van der Waals surface area contributed by atoms with Gasteiger partial charge >= 0.3 is 0 Å². The highest BCUT2D eigenvalue weighted by atomic mass is 35.5. The molecule has 1 rings (SSSR count). The molecule has 1 amide bonds. The normalized spacial score (nSPS) is 27.1. The minimum atomic E-state index is -0.353. The van der Waals surface area contributed by atoms with E-state index in [0.29, 0.717) is 5.41 Å². The van der Waals surface area contributed by atoms with Crippen LogP contribution in [0.3, 0.4) is 0 Å². The smallest absolute Gasteiger partial charge is 0.239 e. The summed E-state index contributed by atoms with van der Waals surface area (Å²) in [5.41, 5.74) is 5.96. The largest absolute Gasteiger partial charge is 0.341 e. The SMILES string of the molecule is CCCC1(C)CCCN(C(=O)[C@H](C)N)C1.Cl. The number of halogens is 1. The Balaban J connectivity index is 0.00000225. The van der Waals surface area contributed by atoms with E-state index in [4.69, 9.17) is 5.73 Å². The molecule has 1 aliphatic heterocycles. The van der Waals surface area contributed by atoms with Crippen molar-refractivity contribution >= 4 is 18.3 Å². The second kappa shape index (κ2) is 6.45. The Hall–Kier alpha value is -0.280. The van der Waals surface area contributed by atoms with Crippen LogP contribution in [0, 0.1) is 5.41 Å². The Morgan fingerprint density at radius 3 is 2.69 bits per heavy atom. The molecule has 0 radical (unpaired) electrons. The molecule has 1 fully saturated rings. The van der Waals surface area contributed by atoms with Crippen LogP contribution in [0.1, 0.15) is 46.5 Å². The van der Waals surface area contributed by atoms with Crippen LogP contribution < -0.4 is 5.73 Å². The summed E-state index contributed by atoms with van der Waals surface area (Å²) in [6.45, 7) is 8.05. The molecular weight excluding hydrogens is 224 g/mol. The standard InChI is InChI=1S/C12H24N2O.ClH/c1-4-6-12(3)7-5-8-14(9-12)11(15)10(2)13;/h10H,4-9,13H2,1-3H3;1H/t10-,12?;/m0./s1. The van der Waals surface area contributed by atoms with Gasteiger partial charge in [-0.3, -0.25) is 4.79 Å². The molecule has 0 saturated carbocycles. The summed E-state index contributed by atoms with van der Waals surface area (Å²) in [5.74, 6) is 0.108. The van der Waals surface area contributed by atoms with Crippen LogP contribution in [0.25, 0.3) is 0 Å². The van der Waals surface area contributed by atoms with Crippen molar-refractivity contribution in [2.45, 2.75) is 52.5 Å². The maximum atomic E-state index is 11.8. The average Bonchev–Trinajstić information content (AvgIpc) is 2.16. The van der Waals surface area contributed by atoms with E-state index in [1.807, 2.05) is 4.90 Å². The molecule has 0 aromatic rings. The fourth-order valence-corrected chi connectivity index (χ4v) is 2.60. The highest BCUT2D eigenvalue weighted by Crippen LogP contribution is 2.33. The number of nitrogens with zero attached hydrogens (tertiary/aromatic N) is 1. The first-order chi connectivity index (χ1) is 6.98. The number of carbonyl (C=O) groups excluding carboxylic acids is 1.